The number of fused-ring (bicyclic) bond motifs is 1. The second-order valence-corrected chi connectivity index (χ2v) is 4.53. The van der Waals surface area contributed by atoms with E-state index >= 15 is 0 Å². The predicted octanol–water partition coefficient (Wildman–Crippen LogP) is 2.51. The summed E-state index contributed by atoms with van der Waals surface area (Å²) < 4.78 is 0.727. The number of anilines is 1. The Hall–Kier alpha value is -2.21. The highest BCUT2D eigenvalue weighted by atomic mass is 32.1. The quantitative estimate of drug-likeness (QED) is 0.833. The normalized spacial score (nSPS) is 10.9. The third-order valence-electron chi connectivity index (χ3n) is 2.18. The maximum atomic E-state index is 11.3. The van der Waals surface area contributed by atoms with E-state index in [1.165, 1.54) is 23.5 Å². The molecule has 0 aliphatic rings. The summed E-state index contributed by atoms with van der Waals surface area (Å²) in [6.07, 6.45) is 3.03. The van der Waals surface area contributed by atoms with Crippen molar-refractivity contribution in [2.24, 2.45) is 0 Å². The Balaban J connectivity index is 2.32. The molecule has 18 heavy (non-hydrogen) atoms. The largest absolute Gasteiger partial charge is 0.478 e. The third kappa shape index (κ3) is 2.54. The van der Waals surface area contributed by atoms with Gasteiger partial charge in [0.25, 0.3) is 0 Å². The standard InChI is InChI=1S/C12H10N2O3S/c1-2-3-10(15)14-12-13-8-5-4-7(11(16)17)6-9(8)18-12/h2-6H,1H3,(H,16,17)(H,13,14,15). The molecular formula is C12H10N2O3S. The molecule has 0 radical (unpaired) electrons. The topological polar surface area (TPSA) is 79.3 Å². The Bertz CT molecular complexity index is 646. The summed E-state index contributed by atoms with van der Waals surface area (Å²) in [4.78, 5) is 26.4. The molecule has 2 aromatic rings. The van der Waals surface area contributed by atoms with Crippen molar-refractivity contribution in [3.63, 3.8) is 0 Å². The lowest BCUT2D eigenvalue weighted by Crippen LogP contribution is -2.06. The average Bonchev–Trinajstić information content (AvgIpc) is 2.69. The van der Waals surface area contributed by atoms with Crippen LogP contribution in [0.15, 0.2) is 30.4 Å². The van der Waals surface area contributed by atoms with Gasteiger partial charge in [-0.3, -0.25) is 10.1 Å². The summed E-state index contributed by atoms with van der Waals surface area (Å²) in [5.74, 6) is -1.24. The number of hydrogen-bond donors (Lipinski definition) is 2. The number of aromatic nitrogens is 1. The molecule has 1 aromatic carbocycles. The first kappa shape index (κ1) is 12.3. The minimum atomic E-state index is -0.982. The van der Waals surface area contributed by atoms with E-state index in [-0.39, 0.29) is 11.5 Å². The van der Waals surface area contributed by atoms with Crippen LogP contribution >= 0.6 is 11.3 Å². The second kappa shape index (κ2) is 4.97. The van der Waals surface area contributed by atoms with Gasteiger partial charge in [0.15, 0.2) is 5.13 Å². The number of carboxylic acid groups (broad SMARTS) is 1. The highest BCUT2D eigenvalue weighted by Crippen LogP contribution is 2.26. The molecule has 0 atom stereocenters. The van der Waals surface area contributed by atoms with Gasteiger partial charge in [0, 0.05) is 0 Å². The zero-order valence-corrected chi connectivity index (χ0v) is 10.3. The van der Waals surface area contributed by atoms with Crippen molar-refractivity contribution in [1.29, 1.82) is 0 Å². The Morgan fingerprint density at radius 3 is 2.89 bits per heavy atom. The van der Waals surface area contributed by atoms with Gasteiger partial charge in [-0.2, -0.15) is 0 Å². The van der Waals surface area contributed by atoms with Gasteiger partial charge in [0.05, 0.1) is 15.8 Å². The fraction of sp³-hybridized carbons (Fsp3) is 0.0833. The Morgan fingerprint density at radius 2 is 2.22 bits per heavy atom. The van der Waals surface area contributed by atoms with E-state index in [0.29, 0.717) is 10.6 Å². The van der Waals surface area contributed by atoms with Gasteiger partial charge in [-0.05, 0) is 31.2 Å². The molecule has 1 aromatic heterocycles. The molecule has 0 aliphatic heterocycles. The molecule has 92 valence electrons. The maximum absolute atomic E-state index is 11.3. The fourth-order valence-electron chi connectivity index (χ4n) is 1.41. The van der Waals surface area contributed by atoms with Gasteiger partial charge in [-0.25, -0.2) is 9.78 Å². The fourth-order valence-corrected chi connectivity index (χ4v) is 2.32. The van der Waals surface area contributed by atoms with Crippen molar-refractivity contribution in [2.75, 3.05) is 5.32 Å². The lowest BCUT2D eigenvalue weighted by atomic mass is 10.2. The van der Waals surface area contributed by atoms with Crippen LogP contribution in [0.25, 0.3) is 10.2 Å². The molecule has 5 nitrogen and oxygen atoms in total. The summed E-state index contributed by atoms with van der Waals surface area (Å²) in [7, 11) is 0. The number of nitrogens with one attached hydrogen (secondary N) is 1. The van der Waals surface area contributed by atoms with Crippen LogP contribution in [0.5, 0.6) is 0 Å². The van der Waals surface area contributed by atoms with Crippen molar-refractivity contribution in [2.45, 2.75) is 6.92 Å². The van der Waals surface area contributed by atoms with Gasteiger partial charge in [0.1, 0.15) is 0 Å². The maximum Gasteiger partial charge on any atom is 0.335 e. The van der Waals surface area contributed by atoms with Crippen molar-refractivity contribution in [3.05, 3.63) is 35.9 Å². The molecule has 0 saturated heterocycles. The molecule has 0 bridgehead atoms. The summed E-state index contributed by atoms with van der Waals surface area (Å²) in [6.45, 7) is 1.75. The number of benzene rings is 1. The Morgan fingerprint density at radius 1 is 1.44 bits per heavy atom. The summed E-state index contributed by atoms with van der Waals surface area (Å²) in [6, 6.07) is 4.66. The van der Waals surface area contributed by atoms with E-state index in [9.17, 15) is 9.59 Å². The second-order valence-electron chi connectivity index (χ2n) is 3.50. The number of carbonyl (C=O) groups is 2. The van der Waals surface area contributed by atoms with E-state index in [1.54, 1.807) is 25.1 Å². The van der Waals surface area contributed by atoms with Gasteiger partial charge in [-0.1, -0.05) is 17.4 Å². The molecule has 0 saturated carbocycles. The lowest BCUT2D eigenvalue weighted by molar-refractivity contribution is -0.111. The minimum Gasteiger partial charge on any atom is -0.478 e. The number of hydrogen-bond acceptors (Lipinski definition) is 4. The number of thiazole rings is 1. The van der Waals surface area contributed by atoms with E-state index in [2.05, 4.69) is 10.3 Å². The van der Waals surface area contributed by atoms with Crippen LogP contribution in [0.2, 0.25) is 0 Å². The molecule has 0 fully saturated rings. The molecule has 0 aliphatic carbocycles. The SMILES string of the molecule is CC=CC(=O)Nc1nc2ccc(C(=O)O)cc2s1. The molecule has 1 heterocycles. The molecule has 0 spiro atoms. The Labute approximate surface area is 107 Å². The smallest absolute Gasteiger partial charge is 0.335 e. The average molecular weight is 262 g/mol. The van der Waals surface area contributed by atoms with Crippen molar-refractivity contribution in [3.8, 4) is 0 Å². The molecule has 2 N–H and O–H groups in total. The van der Waals surface area contributed by atoms with E-state index in [1.807, 2.05) is 0 Å². The van der Waals surface area contributed by atoms with Gasteiger partial charge in [-0.15, -0.1) is 0 Å². The highest BCUT2D eigenvalue weighted by Gasteiger charge is 2.09. The van der Waals surface area contributed by atoms with Crippen LogP contribution in [0.4, 0.5) is 5.13 Å². The van der Waals surface area contributed by atoms with E-state index < -0.39 is 5.97 Å². The van der Waals surface area contributed by atoms with Crippen LogP contribution in [-0.2, 0) is 4.79 Å². The van der Waals surface area contributed by atoms with Crippen molar-refractivity contribution >= 4 is 38.6 Å². The van der Waals surface area contributed by atoms with Gasteiger partial charge >= 0.3 is 5.97 Å². The van der Waals surface area contributed by atoms with Crippen molar-refractivity contribution in [1.82, 2.24) is 4.98 Å². The van der Waals surface area contributed by atoms with E-state index in [4.69, 9.17) is 5.11 Å². The molecule has 6 heteroatoms. The number of amides is 1. The number of nitrogens with zero attached hydrogens (tertiary/aromatic N) is 1. The van der Waals surface area contributed by atoms with Gasteiger partial charge in [0.2, 0.25) is 5.91 Å². The zero-order chi connectivity index (χ0) is 13.1. The lowest BCUT2D eigenvalue weighted by Gasteiger charge is -1.93. The number of aromatic carboxylic acids is 1. The monoisotopic (exact) mass is 262 g/mol. The highest BCUT2D eigenvalue weighted by molar-refractivity contribution is 7.22. The number of allylic oxidation sites excluding steroid dienone is 1. The first-order valence-corrected chi connectivity index (χ1v) is 5.99. The zero-order valence-electron chi connectivity index (χ0n) is 9.51. The van der Waals surface area contributed by atoms with Gasteiger partial charge < -0.3 is 5.11 Å². The van der Waals surface area contributed by atoms with Crippen LogP contribution in [0.1, 0.15) is 17.3 Å². The van der Waals surface area contributed by atoms with Crippen LogP contribution in [0.3, 0.4) is 0 Å². The van der Waals surface area contributed by atoms with Crippen LogP contribution in [-0.4, -0.2) is 22.0 Å². The third-order valence-corrected chi connectivity index (χ3v) is 3.12. The number of rotatable bonds is 3. The summed E-state index contributed by atoms with van der Waals surface area (Å²) in [5, 5.41) is 11.9. The minimum absolute atomic E-state index is 0.206. The molecule has 0 unspecified atom stereocenters. The van der Waals surface area contributed by atoms with E-state index in [0.717, 1.165) is 4.70 Å². The molecular weight excluding hydrogens is 252 g/mol. The van der Waals surface area contributed by atoms with Crippen molar-refractivity contribution < 1.29 is 14.7 Å². The molecule has 2 rings (SSSR count). The number of carbonyl (C=O) groups excluding carboxylic acids is 1. The Kier molecular flexibility index (Phi) is 3.38. The molecule has 1 amide bonds. The van der Waals surface area contributed by atoms with Crippen LogP contribution in [0, 0.1) is 0 Å². The van der Waals surface area contributed by atoms with Crippen LogP contribution < -0.4 is 5.32 Å². The summed E-state index contributed by atoms with van der Waals surface area (Å²) in [5.41, 5.74) is 0.873. The number of carboxylic acids is 1. The first-order valence-electron chi connectivity index (χ1n) is 5.17. The predicted molar refractivity (Wildman–Crippen MR) is 70.0 cm³/mol. The first-order chi connectivity index (χ1) is 8.60. The summed E-state index contributed by atoms with van der Waals surface area (Å²) >= 11 is 1.24.